The third-order valence-corrected chi connectivity index (χ3v) is 4.16. The normalized spacial score (nSPS) is 14.6. The van der Waals surface area contributed by atoms with Crippen LogP contribution in [0.2, 0.25) is 0 Å². The lowest BCUT2D eigenvalue weighted by atomic mass is 10.1. The topological polar surface area (TPSA) is 56.8 Å². The van der Waals surface area contributed by atoms with Gasteiger partial charge in [-0.15, -0.1) is 11.8 Å². The van der Waals surface area contributed by atoms with Crippen LogP contribution in [0, 0.1) is 0 Å². The van der Waals surface area contributed by atoms with Crippen LogP contribution < -0.4 is 14.8 Å². The fourth-order valence-electron chi connectivity index (χ4n) is 2.12. The first kappa shape index (κ1) is 16.0. The quantitative estimate of drug-likeness (QED) is 0.778. The highest BCUT2D eigenvalue weighted by Crippen LogP contribution is 2.33. The predicted octanol–water partition coefficient (Wildman–Crippen LogP) is 2.01. The van der Waals surface area contributed by atoms with Crippen molar-refractivity contribution in [2.75, 3.05) is 38.4 Å². The van der Waals surface area contributed by atoms with Crippen LogP contribution in [-0.2, 0) is 9.53 Å². The van der Waals surface area contributed by atoms with Crippen LogP contribution in [-0.4, -0.2) is 44.3 Å². The van der Waals surface area contributed by atoms with Gasteiger partial charge in [-0.2, -0.15) is 0 Å². The standard InChI is InChI=1S/C15H21NO4S/c1-3-16-12(9-21-10-15(17)18-2)11-4-5-13-14(8-11)20-7-6-19-13/h4-5,8,12,16H,3,6-7,9-10H2,1-2H3. The Hall–Kier alpha value is -1.40. The van der Waals surface area contributed by atoms with Gasteiger partial charge in [0.25, 0.3) is 0 Å². The van der Waals surface area contributed by atoms with Crippen molar-refractivity contribution in [3.63, 3.8) is 0 Å². The van der Waals surface area contributed by atoms with E-state index in [0.717, 1.165) is 29.4 Å². The Morgan fingerprint density at radius 2 is 2.14 bits per heavy atom. The van der Waals surface area contributed by atoms with Crippen molar-refractivity contribution >= 4 is 17.7 Å². The third-order valence-electron chi connectivity index (χ3n) is 3.15. The van der Waals surface area contributed by atoms with Crippen molar-refractivity contribution in [1.82, 2.24) is 5.32 Å². The summed E-state index contributed by atoms with van der Waals surface area (Å²) < 4.78 is 15.8. The molecule has 1 heterocycles. The highest BCUT2D eigenvalue weighted by Gasteiger charge is 2.17. The zero-order valence-electron chi connectivity index (χ0n) is 12.4. The van der Waals surface area contributed by atoms with Gasteiger partial charge >= 0.3 is 5.97 Å². The Morgan fingerprint density at radius 3 is 2.86 bits per heavy atom. The first-order chi connectivity index (χ1) is 10.2. The van der Waals surface area contributed by atoms with E-state index in [1.807, 2.05) is 18.2 Å². The molecule has 0 saturated heterocycles. The molecule has 1 unspecified atom stereocenters. The van der Waals surface area contributed by atoms with Crippen molar-refractivity contribution in [2.45, 2.75) is 13.0 Å². The lowest BCUT2D eigenvalue weighted by molar-refractivity contribution is -0.137. The van der Waals surface area contributed by atoms with Crippen molar-refractivity contribution < 1.29 is 19.0 Å². The van der Waals surface area contributed by atoms with Crippen LogP contribution in [0.3, 0.4) is 0 Å². The monoisotopic (exact) mass is 311 g/mol. The van der Waals surface area contributed by atoms with Gasteiger partial charge in [0.1, 0.15) is 13.2 Å². The zero-order chi connectivity index (χ0) is 15.1. The summed E-state index contributed by atoms with van der Waals surface area (Å²) in [6.45, 7) is 4.10. The summed E-state index contributed by atoms with van der Waals surface area (Å²) >= 11 is 1.56. The van der Waals surface area contributed by atoms with Crippen LogP contribution in [0.25, 0.3) is 0 Å². The van der Waals surface area contributed by atoms with E-state index in [4.69, 9.17) is 9.47 Å². The molecular weight excluding hydrogens is 290 g/mol. The molecule has 1 N–H and O–H groups in total. The Labute approximate surface area is 129 Å². The van der Waals surface area contributed by atoms with E-state index in [1.54, 1.807) is 11.8 Å². The molecule has 116 valence electrons. The molecule has 1 aromatic carbocycles. The van der Waals surface area contributed by atoms with E-state index in [0.29, 0.717) is 19.0 Å². The molecule has 0 bridgehead atoms. The lowest BCUT2D eigenvalue weighted by Crippen LogP contribution is -2.24. The van der Waals surface area contributed by atoms with Gasteiger partial charge < -0.3 is 19.5 Å². The molecule has 21 heavy (non-hydrogen) atoms. The number of carbonyl (C=O) groups excluding carboxylic acids is 1. The van der Waals surface area contributed by atoms with E-state index in [2.05, 4.69) is 17.0 Å². The number of carbonyl (C=O) groups is 1. The first-order valence-electron chi connectivity index (χ1n) is 7.02. The minimum absolute atomic E-state index is 0.167. The second-order valence-electron chi connectivity index (χ2n) is 4.60. The minimum atomic E-state index is -0.197. The molecule has 0 aromatic heterocycles. The fourth-order valence-corrected chi connectivity index (χ4v) is 3.06. The summed E-state index contributed by atoms with van der Waals surface area (Å²) in [4.78, 5) is 11.2. The summed E-state index contributed by atoms with van der Waals surface area (Å²) in [5.41, 5.74) is 1.14. The maximum absolute atomic E-state index is 11.2. The number of nitrogens with one attached hydrogen (secondary N) is 1. The summed E-state index contributed by atoms with van der Waals surface area (Å²) in [6, 6.07) is 6.17. The number of ether oxygens (including phenoxy) is 3. The molecule has 1 atom stereocenters. The van der Waals surface area contributed by atoms with Gasteiger partial charge in [0, 0.05) is 11.8 Å². The van der Waals surface area contributed by atoms with Gasteiger partial charge in [0.05, 0.1) is 12.9 Å². The van der Waals surface area contributed by atoms with E-state index in [9.17, 15) is 4.79 Å². The molecule has 0 saturated carbocycles. The number of hydrogen-bond donors (Lipinski definition) is 1. The summed E-state index contributed by atoms with van der Waals surface area (Å²) in [5.74, 6) is 2.55. The molecule has 0 fully saturated rings. The van der Waals surface area contributed by atoms with Crippen molar-refractivity contribution in [1.29, 1.82) is 0 Å². The summed E-state index contributed by atoms with van der Waals surface area (Å²) in [6.07, 6.45) is 0. The molecule has 6 heteroatoms. The number of hydrogen-bond acceptors (Lipinski definition) is 6. The van der Waals surface area contributed by atoms with Crippen LogP contribution in [0.4, 0.5) is 0 Å². The smallest absolute Gasteiger partial charge is 0.315 e. The van der Waals surface area contributed by atoms with Gasteiger partial charge in [-0.3, -0.25) is 4.79 Å². The minimum Gasteiger partial charge on any atom is -0.486 e. The number of esters is 1. The SMILES string of the molecule is CCNC(CSCC(=O)OC)c1ccc2c(c1)OCCO2. The second-order valence-corrected chi connectivity index (χ2v) is 5.63. The molecule has 2 rings (SSSR count). The van der Waals surface area contributed by atoms with Crippen LogP contribution in [0.15, 0.2) is 18.2 Å². The summed E-state index contributed by atoms with van der Waals surface area (Å²) in [5, 5.41) is 3.43. The maximum atomic E-state index is 11.2. The number of benzene rings is 1. The molecule has 1 aliphatic rings. The Balaban J connectivity index is 2.01. The molecule has 0 radical (unpaired) electrons. The van der Waals surface area contributed by atoms with Crippen molar-refractivity contribution in [2.24, 2.45) is 0 Å². The number of rotatable bonds is 7. The third kappa shape index (κ3) is 4.54. The van der Waals surface area contributed by atoms with E-state index in [-0.39, 0.29) is 12.0 Å². The molecule has 0 aliphatic carbocycles. The highest BCUT2D eigenvalue weighted by atomic mass is 32.2. The van der Waals surface area contributed by atoms with Gasteiger partial charge in [0.2, 0.25) is 0 Å². The zero-order valence-corrected chi connectivity index (χ0v) is 13.2. The van der Waals surface area contributed by atoms with Crippen molar-refractivity contribution in [3.8, 4) is 11.5 Å². The molecule has 0 spiro atoms. The Morgan fingerprint density at radius 1 is 1.38 bits per heavy atom. The largest absolute Gasteiger partial charge is 0.486 e. The number of thioether (sulfide) groups is 1. The maximum Gasteiger partial charge on any atom is 0.315 e. The number of fused-ring (bicyclic) bond motifs is 1. The van der Waals surface area contributed by atoms with Gasteiger partial charge in [-0.1, -0.05) is 13.0 Å². The molecule has 0 amide bonds. The average Bonchev–Trinajstić information content (AvgIpc) is 2.53. The van der Waals surface area contributed by atoms with E-state index >= 15 is 0 Å². The van der Waals surface area contributed by atoms with Gasteiger partial charge in [-0.05, 0) is 24.2 Å². The highest BCUT2D eigenvalue weighted by molar-refractivity contribution is 7.99. The lowest BCUT2D eigenvalue weighted by Gasteiger charge is -2.22. The van der Waals surface area contributed by atoms with Crippen LogP contribution >= 0.6 is 11.8 Å². The molecular formula is C15H21NO4S. The number of methoxy groups -OCH3 is 1. The molecule has 1 aromatic rings. The van der Waals surface area contributed by atoms with Crippen molar-refractivity contribution in [3.05, 3.63) is 23.8 Å². The van der Waals surface area contributed by atoms with E-state index in [1.165, 1.54) is 7.11 Å². The van der Waals surface area contributed by atoms with Gasteiger partial charge in [0.15, 0.2) is 11.5 Å². The van der Waals surface area contributed by atoms with Crippen LogP contribution in [0.5, 0.6) is 11.5 Å². The Bertz CT molecular complexity index is 481. The summed E-state index contributed by atoms with van der Waals surface area (Å²) in [7, 11) is 1.41. The fraction of sp³-hybridized carbons (Fsp3) is 0.533. The Kier molecular flexibility index (Phi) is 6.20. The van der Waals surface area contributed by atoms with Crippen LogP contribution in [0.1, 0.15) is 18.5 Å². The second kappa shape index (κ2) is 8.14. The molecule has 5 nitrogen and oxygen atoms in total. The molecule has 1 aliphatic heterocycles. The van der Waals surface area contributed by atoms with E-state index < -0.39 is 0 Å². The first-order valence-corrected chi connectivity index (χ1v) is 8.17. The van der Waals surface area contributed by atoms with Gasteiger partial charge in [-0.25, -0.2) is 0 Å². The average molecular weight is 311 g/mol. The predicted molar refractivity (Wildman–Crippen MR) is 83.2 cm³/mol.